The van der Waals surface area contributed by atoms with E-state index >= 15 is 0 Å². The average molecular weight is 305 g/mol. The molecule has 0 rings (SSSR count). The second kappa shape index (κ2) is 24.4. The van der Waals surface area contributed by atoms with Gasteiger partial charge in [0.2, 0.25) is 0 Å². The van der Waals surface area contributed by atoms with Crippen molar-refractivity contribution in [2.75, 3.05) is 0 Å². The Morgan fingerprint density at radius 2 is 1.11 bits per heavy atom. The van der Waals surface area contributed by atoms with E-state index in [9.17, 15) is 9.90 Å². The summed E-state index contributed by atoms with van der Waals surface area (Å²) < 4.78 is 0. The fourth-order valence-electron chi connectivity index (χ4n) is 0.197. The van der Waals surface area contributed by atoms with Crippen molar-refractivity contribution in [3.63, 3.8) is 0 Å². The van der Waals surface area contributed by atoms with Crippen LogP contribution in [0, 0.1) is 0 Å². The van der Waals surface area contributed by atoms with E-state index in [1.807, 2.05) is 0 Å². The van der Waals surface area contributed by atoms with Gasteiger partial charge in [0.05, 0.1) is 18.1 Å². The largest absolute Gasteiger partial charge is 1.00 e. The fourth-order valence-corrected chi connectivity index (χ4v) is 0.197. The quantitative estimate of drug-likeness (QED) is 0.474. The molecule has 19 heavy (non-hydrogen) atoms. The zero-order valence-corrected chi connectivity index (χ0v) is 18.1. The third kappa shape index (κ3) is 66.7. The van der Waals surface area contributed by atoms with Crippen LogP contribution in [0.25, 0.3) is 0 Å². The minimum atomic E-state index is -1.43. The van der Waals surface area contributed by atoms with Crippen LogP contribution in [0.2, 0.25) is 0 Å². The number of hydrogen-bond acceptors (Lipinski definition) is 8. The van der Waals surface area contributed by atoms with E-state index in [0.717, 1.165) is 13.8 Å². The number of aliphatic hydroxyl groups is 1. The number of carboxylic acid groups (broad SMARTS) is 3. The van der Waals surface area contributed by atoms with E-state index in [0.29, 0.717) is 0 Å². The Balaban J connectivity index is -0.0000000337. The molecular formula is C8H14NNa3O7. The zero-order chi connectivity index (χ0) is 13.9. The van der Waals surface area contributed by atoms with E-state index in [1.165, 1.54) is 6.92 Å². The van der Waals surface area contributed by atoms with Gasteiger partial charge in [0.25, 0.3) is 0 Å². The Bertz CT molecular complexity index is 218. The van der Waals surface area contributed by atoms with Crippen molar-refractivity contribution in [1.82, 2.24) is 0 Å². The Labute approximate surface area is 178 Å². The number of aliphatic carboxylic acids is 3. The molecule has 3 N–H and O–H groups in total. The fraction of sp³-hybridized carbons (Fsp3) is 0.625. The molecule has 0 heterocycles. The summed E-state index contributed by atoms with van der Waals surface area (Å²) in [4.78, 5) is 27.5. The number of carbonyl (C=O) groups excluding carboxylic acids is 3. The molecule has 0 radical (unpaired) electrons. The Morgan fingerprint density at radius 3 is 1.11 bits per heavy atom. The molecule has 0 amide bonds. The number of carbonyl (C=O) groups is 3. The molecule has 0 aliphatic rings. The smallest absolute Gasteiger partial charge is 0.550 e. The molecule has 8 nitrogen and oxygen atoms in total. The van der Waals surface area contributed by atoms with Crippen molar-refractivity contribution in [2.45, 2.75) is 32.9 Å². The maximum absolute atomic E-state index is 9.74. The molecule has 0 spiro atoms. The summed E-state index contributed by atoms with van der Waals surface area (Å²) in [5, 5.41) is 36.0. The van der Waals surface area contributed by atoms with E-state index in [2.05, 4.69) is 0 Å². The van der Waals surface area contributed by atoms with Crippen LogP contribution in [0.4, 0.5) is 0 Å². The van der Waals surface area contributed by atoms with Crippen molar-refractivity contribution in [3.8, 4) is 0 Å². The molecule has 0 fully saturated rings. The second-order valence-electron chi connectivity index (χ2n) is 2.57. The predicted molar refractivity (Wildman–Crippen MR) is 46.0 cm³/mol. The topological polar surface area (TPSA) is 167 Å². The Kier molecular flexibility index (Phi) is 47.4. The monoisotopic (exact) mass is 305 g/mol. The first kappa shape index (κ1) is 37.0. The van der Waals surface area contributed by atoms with E-state index in [-0.39, 0.29) is 88.7 Å². The first-order valence-corrected chi connectivity index (χ1v) is 4.02. The summed E-state index contributed by atoms with van der Waals surface area (Å²) in [5.41, 5.74) is 4.85. The molecule has 0 unspecified atom stereocenters. The van der Waals surface area contributed by atoms with Crippen LogP contribution in [0.1, 0.15) is 20.8 Å². The summed E-state index contributed by atoms with van der Waals surface area (Å²) in [5.74, 6) is -3.60. The maximum atomic E-state index is 9.74. The van der Waals surface area contributed by atoms with Crippen molar-refractivity contribution in [3.05, 3.63) is 0 Å². The van der Waals surface area contributed by atoms with Crippen LogP contribution >= 0.6 is 0 Å². The van der Waals surface area contributed by atoms with E-state index in [4.69, 9.17) is 30.6 Å². The zero-order valence-electron chi connectivity index (χ0n) is 12.1. The number of carboxylic acids is 3. The molecule has 0 saturated carbocycles. The van der Waals surface area contributed by atoms with Crippen LogP contribution in [0.15, 0.2) is 0 Å². The predicted octanol–water partition coefficient (Wildman–Crippen LogP) is -14.0. The molecule has 0 aliphatic heterocycles. The number of nitrogens with two attached hydrogens (primary N) is 1. The molecule has 11 heteroatoms. The third-order valence-electron chi connectivity index (χ3n) is 0.792. The van der Waals surface area contributed by atoms with Gasteiger partial charge in [-0.15, -0.1) is 0 Å². The van der Waals surface area contributed by atoms with Crippen LogP contribution in [0.3, 0.4) is 0 Å². The van der Waals surface area contributed by atoms with Crippen LogP contribution < -0.4 is 110 Å². The van der Waals surface area contributed by atoms with Gasteiger partial charge in [0.1, 0.15) is 0 Å². The van der Waals surface area contributed by atoms with Crippen LogP contribution in [-0.4, -0.2) is 35.2 Å². The van der Waals surface area contributed by atoms with Gasteiger partial charge in [-0.3, -0.25) is 0 Å². The molecule has 0 saturated heterocycles. The van der Waals surface area contributed by atoms with Gasteiger partial charge in [0.15, 0.2) is 0 Å². The average Bonchev–Trinajstić information content (AvgIpc) is 2.00. The number of aliphatic hydroxyl groups excluding tert-OH is 1. The van der Waals surface area contributed by atoms with Crippen LogP contribution in [-0.2, 0) is 14.4 Å². The van der Waals surface area contributed by atoms with Gasteiger partial charge in [-0.2, -0.15) is 0 Å². The number of hydrogen-bond donors (Lipinski definition) is 2. The van der Waals surface area contributed by atoms with Crippen molar-refractivity contribution in [1.29, 1.82) is 0 Å². The van der Waals surface area contributed by atoms with Gasteiger partial charge in [-0.1, -0.05) is 0 Å². The molecule has 2 atom stereocenters. The van der Waals surface area contributed by atoms with E-state index < -0.39 is 30.1 Å². The van der Waals surface area contributed by atoms with Gasteiger partial charge >= 0.3 is 88.7 Å². The summed E-state index contributed by atoms with van der Waals surface area (Å²) in [6.07, 6.45) is -1.04. The van der Waals surface area contributed by atoms with Crippen molar-refractivity contribution < 1.29 is 123 Å². The van der Waals surface area contributed by atoms with Gasteiger partial charge in [0, 0.05) is 11.9 Å². The summed E-state index contributed by atoms with van der Waals surface area (Å²) in [7, 11) is 0. The molecular weight excluding hydrogens is 291 g/mol. The molecule has 0 aromatic heterocycles. The maximum Gasteiger partial charge on any atom is 1.00 e. The molecule has 0 aromatic rings. The summed E-state index contributed by atoms with van der Waals surface area (Å²) in [6, 6.07) is -1.27. The summed E-state index contributed by atoms with van der Waals surface area (Å²) in [6.45, 7) is 3.24. The molecule has 0 bridgehead atoms. The standard InChI is InChI=1S/C4H9NO3.2C2H4O2.3Na/c1-2(6)3(5)4(7)8;2*1-2(3)4;;;/h2-3,6H,5H2,1H3,(H,7,8);2*1H3,(H,3,4);;;/q;;;3*+1/p-3/t2-,3+;;;;;/m1...../s1. The summed E-state index contributed by atoms with van der Waals surface area (Å²) >= 11 is 0. The number of rotatable bonds is 2. The van der Waals surface area contributed by atoms with Crippen molar-refractivity contribution >= 4 is 17.9 Å². The Morgan fingerprint density at radius 1 is 0.947 bits per heavy atom. The van der Waals surface area contributed by atoms with Gasteiger partial charge < -0.3 is 40.5 Å². The van der Waals surface area contributed by atoms with E-state index in [1.54, 1.807) is 0 Å². The molecule has 96 valence electrons. The van der Waals surface area contributed by atoms with Crippen molar-refractivity contribution in [2.24, 2.45) is 5.73 Å². The minimum absolute atomic E-state index is 0. The second-order valence-corrected chi connectivity index (χ2v) is 2.57. The van der Waals surface area contributed by atoms with Gasteiger partial charge in [-0.05, 0) is 20.8 Å². The molecule has 0 aliphatic carbocycles. The minimum Gasteiger partial charge on any atom is -0.550 e. The first-order valence-electron chi connectivity index (χ1n) is 4.02. The van der Waals surface area contributed by atoms with Gasteiger partial charge in [-0.25, -0.2) is 0 Å². The first-order chi connectivity index (χ1) is 7.02. The molecule has 0 aromatic carbocycles. The van der Waals surface area contributed by atoms with Crippen LogP contribution in [0.5, 0.6) is 0 Å². The SMILES string of the molecule is CC(=O)[O-].CC(=O)[O-].C[C@@H](O)[C@H](N)C(=O)[O-].[Na+].[Na+].[Na+]. The third-order valence-corrected chi connectivity index (χ3v) is 0.792. The Hall–Kier alpha value is 1.33. The normalized spacial score (nSPS) is 9.95.